The summed E-state index contributed by atoms with van der Waals surface area (Å²) in [5.74, 6) is -0.740. The molecule has 2 heterocycles. The predicted octanol–water partition coefficient (Wildman–Crippen LogP) is 1.55. The summed E-state index contributed by atoms with van der Waals surface area (Å²) in [5, 5.41) is 0.0415. The van der Waals surface area contributed by atoms with Gasteiger partial charge in [0.25, 0.3) is 11.1 Å². The van der Waals surface area contributed by atoms with Crippen molar-refractivity contribution in [1.82, 2.24) is 18.7 Å². The quantitative estimate of drug-likeness (QED) is 0.208. The van der Waals surface area contributed by atoms with Gasteiger partial charge in [-0.05, 0) is 39.3 Å². The maximum absolute atomic E-state index is 13.2. The summed E-state index contributed by atoms with van der Waals surface area (Å²) in [6.45, 7) is 6.32. The molecule has 0 aliphatic carbocycles. The average molecular weight is 488 g/mol. The van der Waals surface area contributed by atoms with Gasteiger partial charge in [0.2, 0.25) is 0 Å². The van der Waals surface area contributed by atoms with Crippen molar-refractivity contribution in [1.29, 1.82) is 0 Å². The number of aromatic nitrogens is 4. The SMILES string of the molecule is CC(C)OCCCn1c(SC(C)C(=O)c2c(N)n(C)c(=O)n(C)c2=O)nc2ccccc2c1=O. The lowest BCUT2D eigenvalue weighted by atomic mass is 10.1. The Balaban J connectivity index is 2.00. The van der Waals surface area contributed by atoms with Gasteiger partial charge in [-0.1, -0.05) is 23.9 Å². The van der Waals surface area contributed by atoms with Gasteiger partial charge in [-0.3, -0.25) is 28.1 Å². The lowest BCUT2D eigenvalue weighted by molar-refractivity contribution is 0.0743. The molecule has 0 fully saturated rings. The zero-order valence-electron chi connectivity index (χ0n) is 19.9. The third kappa shape index (κ3) is 5.00. The number of nitrogens with two attached hydrogens (primary N) is 1. The van der Waals surface area contributed by atoms with Crippen LogP contribution in [-0.4, -0.2) is 42.4 Å². The fourth-order valence-corrected chi connectivity index (χ4v) is 4.48. The lowest BCUT2D eigenvalue weighted by Gasteiger charge is -2.17. The van der Waals surface area contributed by atoms with Crippen LogP contribution >= 0.6 is 11.8 Å². The first-order valence-electron chi connectivity index (χ1n) is 10.9. The van der Waals surface area contributed by atoms with Crippen LogP contribution in [0.25, 0.3) is 10.9 Å². The number of nitrogens with zero attached hydrogens (tertiary/aromatic N) is 4. The number of anilines is 1. The van der Waals surface area contributed by atoms with E-state index in [1.165, 1.54) is 18.7 Å². The molecule has 2 aromatic heterocycles. The second-order valence-corrected chi connectivity index (χ2v) is 9.54. The fraction of sp³-hybridized carbons (Fsp3) is 0.435. The molecule has 0 aliphatic heterocycles. The molecule has 0 saturated heterocycles. The number of rotatable bonds is 9. The minimum Gasteiger partial charge on any atom is -0.384 e. The van der Waals surface area contributed by atoms with Crippen molar-refractivity contribution in [3.05, 3.63) is 61.0 Å². The summed E-state index contributed by atoms with van der Waals surface area (Å²) >= 11 is 1.07. The molecule has 182 valence electrons. The molecule has 1 aromatic carbocycles. The number of carbonyl (C=O) groups is 1. The maximum Gasteiger partial charge on any atom is 0.332 e. The number of para-hydroxylation sites is 1. The molecule has 0 bridgehead atoms. The van der Waals surface area contributed by atoms with Crippen molar-refractivity contribution >= 4 is 34.3 Å². The molecule has 0 saturated carbocycles. The van der Waals surface area contributed by atoms with Crippen LogP contribution in [0.1, 0.15) is 37.6 Å². The molecular formula is C23H29N5O5S. The van der Waals surface area contributed by atoms with Gasteiger partial charge >= 0.3 is 5.69 Å². The van der Waals surface area contributed by atoms with E-state index in [0.29, 0.717) is 35.6 Å². The molecule has 0 radical (unpaired) electrons. The number of benzene rings is 1. The molecule has 3 aromatic rings. The summed E-state index contributed by atoms with van der Waals surface area (Å²) in [7, 11) is 2.69. The second kappa shape index (κ2) is 10.4. The van der Waals surface area contributed by atoms with Crippen LogP contribution in [0.15, 0.2) is 43.8 Å². The van der Waals surface area contributed by atoms with Crippen LogP contribution in [0.5, 0.6) is 0 Å². The minimum absolute atomic E-state index is 0.0767. The molecule has 1 unspecified atom stereocenters. The number of hydrogen-bond acceptors (Lipinski definition) is 8. The smallest absolute Gasteiger partial charge is 0.332 e. The maximum atomic E-state index is 13.2. The Bertz CT molecular complexity index is 1410. The number of ketones is 1. The number of Topliss-reactive ketones (excluding diaryl/α,β-unsaturated/α-hetero) is 1. The van der Waals surface area contributed by atoms with Gasteiger partial charge in [0.05, 0.1) is 22.3 Å². The Hall–Kier alpha value is -3.18. The molecule has 10 nitrogen and oxygen atoms in total. The summed E-state index contributed by atoms with van der Waals surface area (Å²) in [6, 6.07) is 7.01. The van der Waals surface area contributed by atoms with Gasteiger partial charge in [-0.2, -0.15) is 0 Å². The molecular weight excluding hydrogens is 458 g/mol. The number of nitrogen functional groups attached to an aromatic ring is 1. The van der Waals surface area contributed by atoms with Gasteiger partial charge < -0.3 is 10.5 Å². The van der Waals surface area contributed by atoms with Crippen molar-refractivity contribution in [2.45, 2.75) is 50.2 Å². The Kier molecular flexibility index (Phi) is 7.78. The summed E-state index contributed by atoms with van der Waals surface area (Å²) in [5.41, 5.74) is 4.62. The first kappa shape index (κ1) is 25.4. The zero-order valence-corrected chi connectivity index (χ0v) is 20.7. The molecule has 0 amide bonds. The summed E-state index contributed by atoms with van der Waals surface area (Å²) in [6.07, 6.45) is 0.662. The number of carbonyl (C=O) groups excluding carboxylic acids is 1. The Morgan fingerprint density at radius 1 is 1.09 bits per heavy atom. The summed E-state index contributed by atoms with van der Waals surface area (Å²) in [4.78, 5) is 55.8. The number of fused-ring (bicyclic) bond motifs is 1. The molecule has 2 N–H and O–H groups in total. The molecule has 34 heavy (non-hydrogen) atoms. The van der Waals surface area contributed by atoms with E-state index in [2.05, 4.69) is 4.98 Å². The highest BCUT2D eigenvalue weighted by molar-refractivity contribution is 8.00. The fourth-order valence-electron chi connectivity index (χ4n) is 3.48. The van der Waals surface area contributed by atoms with E-state index in [1.54, 1.807) is 31.2 Å². The molecule has 0 spiro atoms. The van der Waals surface area contributed by atoms with Crippen molar-refractivity contribution in [3.63, 3.8) is 0 Å². The van der Waals surface area contributed by atoms with E-state index in [-0.39, 0.29) is 23.0 Å². The normalized spacial score (nSPS) is 12.4. The van der Waals surface area contributed by atoms with Crippen LogP contribution in [-0.2, 0) is 25.4 Å². The van der Waals surface area contributed by atoms with Crippen LogP contribution in [0.3, 0.4) is 0 Å². The number of hydrogen-bond donors (Lipinski definition) is 1. The molecule has 0 aliphatic rings. The summed E-state index contributed by atoms with van der Waals surface area (Å²) < 4.78 is 9.03. The molecule has 3 rings (SSSR count). The van der Waals surface area contributed by atoms with Crippen LogP contribution in [0.4, 0.5) is 5.82 Å². The first-order valence-corrected chi connectivity index (χ1v) is 11.8. The average Bonchev–Trinajstić information content (AvgIpc) is 2.80. The van der Waals surface area contributed by atoms with Gasteiger partial charge in [-0.15, -0.1) is 0 Å². The van der Waals surface area contributed by atoms with Crippen molar-refractivity contribution in [2.75, 3.05) is 12.3 Å². The molecule has 1 atom stereocenters. The second-order valence-electron chi connectivity index (χ2n) is 8.23. The van der Waals surface area contributed by atoms with E-state index in [0.717, 1.165) is 20.9 Å². The Labute approximate surface area is 200 Å². The van der Waals surface area contributed by atoms with Crippen LogP contribution in [0.2, 0.25) is 0 Å². The van der Waals surface area contributed by atoms with Gasteiger partial charge in [0.1, 0.15) is 11.4 Å². The highest BCUT2D eigenvalue weighted by Crippen LogP contribution is 2.25. The van der Waals surface area contributed by atoms with Gasteiger partial charge in [0.15, 0.2) is 10.9 Å². The van der Waals surface area contributed by atoms with E-state index in [9.17, 15) is 19.2 Å². The van der Waals surface area contributed by atoms with Crippen molar-refractivity contribution in [3.8, 4) is 0 Å². The predicted molar refractivity (Wildman–Crippen MR) is 133 cm³/mol. The van der Waals surface area contributed by atoms with Crippen LogP contribution in [0, 0.1) is 0 Å². The van der Waals surface area contributed by atoms with E-state index >= 15 is 0 Å². The number of thioether (sulfide) groups is 1. The number of ether oxygens (including phenoxy) is 1. The third-order valence-corrected chi connectivity index (χ3v) is 6.50. The van der Waals surface area contributed by atoms with Gasteiger partial charge in [0, 0.05) is 27.2 Å². The lowest BCUT2D eigenvalue weighted by Crippen LogP contribution is -2.42. The molecule has 11 heteroatoms. The topological polar surface area (TPSA) is 131 Å². The Morgan fingerprint density at radius 3 is 2.44 bits per heavy atom. The monoisotopic (exact) mass is 487 g/mol. The highest BCUT2D eigenvalue weighted by Gasteiger charge is 2.27. The van der Waals surface area contributed by atoms with Crippen molar-refractivity contribution in [2.24, 2.45) is 14.1 Å². The minimum atomic E-state index is -0.793. The van der Waals surface area contributed by atoms with Gasteiger partial charge in [-0.25, -0.2) is 9.78 Å². The van der Waals surface area contributed by atoms with Crippen molar-refractivity contribution < 1.29 is 9.53 Å². The zero-order chi connectivity index (χ0) is 25.2. The van der Waals surface area contributed by atoms with E-state index in [1.807, 2.05) is 13.8 Å². The van der Waals surface area contributed by atoms with Crippen LogP contribution < -0.4 is 22.5 Å². The first-order chi connectivity index (χ1) is 16.0. The van der Waals surface area contributed by atoms with E-state index in [4.69, 9.17) is 10.5 Å². The standard InChI is InChI=1S/C23H29N5O5S/c1-13(2)33-12-8-11-28-20(30)15-9-6-7-10-16(15)25-22(28)34-14(3)18(29)17-19(24)26(4)23(32)27(5)21(17)31/h6-7,9-10,13-14H,8,11-12,24H2,1-5H3. The Morgan fingerprint density at radius 2 is 1.76 bits per heavy atom. The largest absolute Gasteiger partial charge is 0.384 e. The van der Waals surface area contributed by atoms with E-state index < -0.39 is 22.3 Å². The highest BCUT2D eigenvalue weighted by atomic mass is 32.2. The third-order valence-electron chi connectivity index (χ3n) is 5.41.